The molecule has 120 valence electrons. The van der Waals surface area contributed by atoms with Gasteiger partial charge in [0.25, 0.3) is 5.91 Å². The largest absolute Gasteiger partial charge is 0.352 e. The fraction of sp³-hybridized carbons (Fsp3) is 0.188. The standard InChI is InChI=1S/C16H15BrFN3O2/c17-13-7-12(8-14(18)9-13)16(23)20-6-3-15(22)21-10-11-1-4-19-5-2-11/h1-2,4-5,7-9H,3,6,10H2,(H,20,23)(H,21,22). The number of carbonyl (C=O) groups excluding carboxylic acids is 2. The van der Waals surface area contributed by atoms with Gasteiger partial charge in [0.2, 0.25) is 5.91 Å². The molecule has 2 N–H and O–H groups in total. The van der Waals surface area contributed by atoms with Crippen LogP contribution >= 0.6 is 15.9 Å². The van der Waals surface area contributed by atoms with Crippen molar-refractivity contribution in [3.05, 3.63) is 64.1 Å². The summed E-state index contributed by atoms with van der Waals surface area (Å²) in [5.74, 6) is -1.10. The molecule has 0 aliphatic rings. The molecule has 0 fully saturated rings. The quantitative estimate of drug-likeness (QED) is 0.809. The van der Waals surface area contributed by atoms with Crippen molar-refractivity contribution in [1.29, 1.82) is 0 Å². The summed E-state index contributed by atoms with van der Waals surface area (Å²) >= 11 is 3.13. The third-order valence-corrected chi connectivity index (χ3v) is 3.46. The molecule has 7 heteroatoms. The second-order valence-corrected chi connectivity index (χ2v) is 5.71. The molecule has 2 amide bonds. The lowest BCUT2D eigenvalue weighted by molar-refractivity contribution is -0.121. The second kappa shape index (κ2) is 8.38. The number of rotatable bonds is 6. The summed E-state index contributed by atoms with van der Waals surface area (Å²) in [6.45, 7) is 0.585. The van der Waals surface area contributed by atoms with Gasteiger partial charge in [0, 0.05) is 41.9 Å². The molecule has 1 aromatic carbocycles. The summed E-state index contributed by atoms with van der Waals surface area (Å²) in [6.07, 6.45) is 3.45. The van der Waals surface area contributed by atoms with Crippen molar-refractivity contribution in [3.8, 4) is 0 Å². The van der Waals surface area contributed by atoms with Gasteiger partial charge in [-0.25, -0.2) is 4.39 Å². The normalized spacial score (nSPS) is 10.2. The minimum Gasteiger partial charge on any atom is -0.352 e. The average molecular weight is 380 g/mol. The van der Waals surface area contributed by atoms with Gasteiger partial charge in [-0.05, 0) is 35.9 Å². The van der Waals surface area contributed by atoms with E-state index in [1.54, 1.807) is 12.4 Å². The van der Waals surface area contributed by atoms with Crippen LogP contribution in [-0.4, -0.2) is 23.3 Å². The highest BCUT2D eigenvalue weighted by Gasteiger charge is 2.09. The maximum absolute atomic E-state index is 13.2. The number of aromatic nitrogens is 1. The first-order valence-corrected chi connectivity index (χ1v) is 7.74. The summed E-state index contributed by atoms with van der Waals surface area (Å²) in [5, 5.41) is 5.33. The zero-order chi connectivity index (χ0) is 16.7. The molecule has 1 heterocycles. The number of nitrogens with one attached hydrogen (secondary N) is 2. The number of carbonyl (C=O) groups is 2. The van der Waals surface area contributed by atoms with Gasteiger partial charge in [0.1, 0.15) is 5.82 Å². The Morgan fingerprint density at radius 3 is 2.57 bits per heavy atom. The summed E-state index contributed by atoms with van der Waals surface area (Å²) in [5.41, 5.74) is 1.15. The fourth-order valence-electron chi connectivity index (χ4n) is 1.87. The lowest BCUT2D eigenvalue weighted by Gasteiger charge is -2.07. The third kappa shape index (κ3) is 5.78. The molecule has 0 aliphatic heterocycles. The Morgan fingerprint density at radius 2 is 1.87 bits per heavy atom. The molecule has 0 spiro atoms. The Morgan fingerprint density at radius 1 is 1.13 bits per heavy atom. The molecule has 0 aliphatic carbocycles. The van der Waals surface area contributed by atoms with E-state index in [0.29, 0.717) is 11.0 Å². The summed E-state index contributed by atoms with van der Waals surface area (Å²) < 4.78 is 13.7. The van der Waals surface area contributed by atoms with Gasteiger partial charge in [0.05, 0.1) is 0 Å². The van der Waals surface area contributed by atoms with Crippen molar-refractivity contribution in [3.63, 3.8) is 0 Å². The van der Waals surface area contributed by atoms with Crippen LogP contribution in [0.3, 0.4) is 0 Å². The van der Waals surface area contributed by atoms with Crippen LogP contribution in [0.2, 0.25) is 0 Å². The molecular formula is C16H15BrFN3O2. The smallest absolute Gasteiger partial charge is 0.251 e. The first kappa shape index (κ1) is 17.1. The predicted molar refractivity (Wildman–Crippen MR) is 87.1 cm³/mol. The van der Waals surface area contributed by atoms with E-state index in [1.807, 2.05) is 12.1 Å². The highest BCUT2D eigenvalue weighted by molar-refractivity contribution is 9.10. The van der Waals surface area contributed by atoms with E-state index >= 15 is 0 Å². The Labute approximate surface area is 141 Å². The van der Waals surface area contributed by atoms with Crippen molar-refractivity contribution >= 4 is 27.7 Å². The van der Waals surface area contributed by atoms with Crippen LogP contribution in [0.5, 0.6) is 0 Å². The molecule has 0 atom stereocenters. The van der Waals surface area contributed by atoms with Crippen molar-refractivity contribution in [2.75, 3.05) is 6.54 Å². The van der Waals surface area contributed by atoms with Crippen molar-refractivity contribution in [2.24, 2.45) is 0 Å². The van der Waals surface area contributed by atoms with Crippen molar-refractivity contribution < 1.29 is 14.0 Å². The van der Waals surface area contributed by atoms with E-state index in [0.717, 1.165) is 11.6 Å². The van der Waals surface area contributed by atoms with Crippen molar-refractivity contribution in [1.82, 2.24) is 15.6 Å². The van der Waals surface area contributed by atoms with Gasteiger partial charge in [-0.1, -0.05) is 15.9 Å². The first-order chi connectivity index (χ1) is 11.0. The molecular weight excluding hydrogens is 365 g/mol. The molecule has 5 nitrogen and oxygen atoms in total. The molecule has 23 heavy (non-hydrogen) atoms. The highest BCUT2D eigenvalue weighted by Crippen LogP contribution is 2.14. The second-order valence-electron chi connectivity index (χ2n) is 4.80. The lowest BCUT2D eigenvalue weighted by Crippen LogP contribution is -2.30. The van der Waals surface area contributed by atoms with Crippen LogP contribution in [0.25, 0.3) is 0 Å². The molecule has 2 rings (SSSR count). The maximum Gasteiger partial charge on any atom is 0.251 e. The monoisotopic (exact) mass is 379 g/mol. The molecule has 0 unspecified atom stereocenters. The molecule has 0 saturated carbocycles. The number of halogens is 2. The number of hydrogen-bond donors (Lipinski definition) is 2. The Hall–Kier alpha value is -2.28. The van der Waals surface area contributed by atoms with Crippen LogP contribution in [0.15, 0.2) is 47.2 Å². The van der Waals surface area contributed by atoms with Crippen LogP contribution in [0.1, 0.15) is 22.3 Å². The van der Waals surface area contributed by atoms with E-state index in [1.165, 1.54) is 12.1 Å². The zero-order valence-corrected chi connectivity index (χ0v) is 13.8. The summed E-state index contributed by atoms with van der Waals surface area (Å²) in [6, 6.07) is 7.54. The molecule has 0 saturated heterocycles. The van der Waals surface area contributed by atoms with Crippen LogP contribution < -0.4 is 10.6 Å². The van der Waals surface area contributed by atoms with E-state index in [9.17, 15) is 14.0 Å². The third-order valence-electron chi connectivity index (χ3n) is 3.00. The number of pyridine rings is 1. The van der Waals surface area contributed by atoms with Crippen LogP contribution in [-0.2, 0) is 11.3 Å². The molecule has 0 bridgehead atoms. The number of benzene rings is 1. The highest BCUT2D eigenvalue weighted by atomic mass is 79.9. The minimum absolute atomic E-state index is 0.146. The number of nitrogens with zero attached hydrogens (tertiary/aromatic N) is 1. The van der Waals surface area contributed by atoms with Gasteiger partial charge in [-0.3, -0.25) is 14.6 Å². The van der Waals surface area contributed by atoms with Gasteiger partial charge in [-0.15, -0.1) is 0 Å². The Bertz CT molecular complexity index is 675. The Balaban J connectivity index is 1.73. The lowest BCUT2D eigenvalue weighted by atomic mass is 10.2. The van der Waals surface area contributed by atoms with Gasteiger partial charge in [0.15, 0.2) is 0 Å². The topological polar surface area (TPSA) is 71.1 Å². The van der Waals surface area contributed by atoms with E-state index < -0.39 is 11.7 Å². The van der Waals surface area contributed by atoms with Crippen LogP contribution in [0.4, 0.5) is 4.39 Å². The molecule has 0 radical (unpaired) electrons. The number of hydrogen-bond acceptors (Lipinski definition) is 3. The average Bonchev–Trinajstić information content (AvgIpc) is 2.53. The number of amides is 2. The Kier molecular flexibility index (Phi) is 6.22. The van der Waals surface area contributed by atoms with E-state index in [-0.39, 0.29) is 24.4 Å². The SMILES string of the molecule is O=C(CCNC(=O)c1cc(F)cc(Br)c1)NCc1ccncc1. The zero-order valence-electron chi connectivity index (χ0n) is 12.2. The predicted octanol–water partition coefficient (Wildman–Crippen LogP) is 2.42. The molecule has 2 aromatic rings. The first-order valence-electron chi connectivity index (χ1n) is 6.94. The fourth-order valence-corrected chi connectivity index (χ4v) is 2.33. The van der Waals surface area contributed by atoms with Gasteiger partial charge in [-0.2, -0.15) is 0 Å². The van der Waals surface area contributed by atoms with Crippen LogP contribution in [0, 0.1) is 5.82 Å². The summed E-state index contributed by atoms with van der Waals surface area (Å²) in [4.78, 5) is 27.5. The van der Waals surface area contributed by atoms with Gasteiger partial charge >= 0.3 is 0 Å². The molecule has 1 aromatic heterocycles. The van der Waals surface area contributed by atoms with Gasteiger partial charge < -0.3 is 10.6 Å². The minimum atomic E-state index is -0.500. The summed E-state index contributed by atoms with van der Waals surface area (Å²) in [7, 11) is 0. The van der Waals surface area contributed by atoms with Crippen molar-refractivity contribution in [2.45, 2.75) is 13.0 Å². The van der Waals surface area contributed by atoms with E-state index in [4.69, 9.17) is 0 Å². The van der Waals surface area contributed by atoms with E-state index in [2.05, 4.69) is 31.5 Å². The maximum atomic E-state index is 13.2.